The third-order valence-corrected chi connectivity index (χ3v) is 6.01. The summed E-state index contributed by atoms with van der Waals surface area (Å²) >= 11 is 4.39. The summed E-state index contributed by atoms with van der Waals surface area (Å²) in [5, 5.41) is 6.73. The van der Waals surface area contributed by atoms with Crippen molar-refractivity contribution in [3.05, 3.63) is 96.6 Å². The molecule has 0 bridgehead atoms. The van der Waals surface area contributed by atoms with Crippen LogP contribution in [0.15, 0.2) is 77.9 Å². The molecule has 2 amide bonds. The van der Waals surface area contributed by atoms with Gasteiger partial charge in [0.15, 0.2) is 0 Å². The number of rotatable bonds is 8. The molecule has 0 saturated carbocycles. The van der Waals surface area contributed by atoms with E-state index in [0.29, 0.717) is 5.75 Å². The molecule has 0 unspecified atom stereocenters. The van der Waals surface area contributed by atoms with Gasteiger partial charge >= 0.3 is 0 Å². The predicted octanol–water partition coefficient (Wildman–Crippen LogP) is 4.30. The van der Waals surface area contributed by atoms with Crippen molar-refractivity contribution < 1.29 is 14.3 Å². The summed E-state index contributed by atoms with van der Waals surface area (Å²) in [5.74, 6) is -0.499. The van der Waals surface area contributed by atoms with Gasteiger partial charge in [-0.15, -0.1) is 0 Å². The maximum atomic E-state index is 13.0. The lowest BCUT2D eigenvalue weighted by atomic mass is 9.90. The summed E-state index contributed by atoms with van der Waals surface area (Å²) in [6, 6.07) is 22.9. The summed E-state index contributed by atoms with van der Waals surface area (Å²) in [6.45, 7) is -0.187. The number of halogens is 2. The van der Waals surface area contributed by atoms with Gasteiger partial charge < -0.3 is 10.1 Å². The zero-order chi connectivity index (χ0) is 22.9. The molecule has 0 atom stereocenters. The van der Waals surface area contributed by atoms with Crippen LogP contribution in [0.4, 0.5) is 0 Å². The van der Waals surface area contributed by atoms with Gasteiger partial charge in [0.25, 0.3) is 5.91 Å². The second-order valence-corrected chi connectivity index (χ2v) is 9.18. The van der Waals surface area contributed by atoms with Crippen LogP contribution in [0.25, 0.3) is 0 Å². The first-order chi connectivity index (χ1) is 15.5. The zero-order valence-electron chi connectivity index (χ0n) is 17.2. The molecule has 6 nitrogen and oxygen atoms in total. The zero-order valence-corrected chi connectivity index (χ0v) is 21.5. The van der Waals surface area contributed by atoms with E-state index in [-0.39, 0.29) is 12.5 Å². The van der Waals surface area contributed by atoms with E-state index in [1.807, 2.05) is 72.8 Å². The number of hydrogen-bond donors (Lipinski definition) is 2. The molecule has 0 aliphatic heterocycles. The Hall–Kier alpha value is -2.47. The molecule has 8 heteroatoms. The molecule has 3 rings (SSSR count). The van der Waals surface area contributed by atoms with E-state index >= 15 is 0 Å². The van der Waals surface area contributed by atoms with Gasteiger partial charge in [-0.3, -0.25) is 9.59 Å². The molecule has 0 fully saturated rings. The molecule has 2 N–H and O–H groups in total. The minimum Gasteiger partial charge on any atom is -0.495 e. The van der Waals surface area contributed by atoms with Crippen LogP contribution < -0.4 is 15.5 Å². The van der Waals surface area contributed by atoms with Crippen LogP contribution in [0.2, 0.25) is 0 Å². The largest absolute Gasteiger partial charge is 0.495 e. The van der Waals surface area contributed by atoms with Gasteiger partial charge in [0.1, 0.15) is 5.75 Å². The van der Waals surface area contributed by atoms with E-state index in [4.69, 9.17) is 4.74 Å². The van der Waals surface area contributed by atoms with Crippen LogP contribution in [0.3, 0.4) is 0 Å². The van der Waals surface area contributed by atoms with Crippen molar-refractivity contribution in [1.29, 1.82) is 0 Å². The number of ether oxygens (including phenoxy) is 1. The highest BCUT2D eigenvalue weighted by Crippen LogP contribution is 2.27. The highest BCUT2D eigenvalue weighted by Gasteiger charge is 2.22. The van der Waals surface area contributed by atoms with Crippen molar-refractivity contribution in [2.24, 2.45) is 5.10 Å². The summed E-state index contributed by atoms with van der Waals surface area (Å²) in [7, 11) is 1.59. The fourth-order valence-corrected chi connectivity index (χ4v) is 5.27. The van der Waals surface area contributed by atoms with Crippen LogP contribution in [-0.2, 0) is 9.59 Å². The van der Waals surface area contributed by atoms with E-state index in [2.05, 4.69) is 61.0 Å². The molecule has 32 heavy (non-hydrogen) atoms. The Balaban J connectivity index is 1.64. The van der Waals surface area contributed by atoms with Gasteiger partial charge in [0, 0.05) is 9.13 Å². The molecule has 0 aromatic heterocycles. The Morgan fingerprint density at radius 1 is 1.00 bits per heavy atom. The van der Waals surface area contributed by atoms with Crippen LogP contribution in [0, 0.1) is 7.14 Å². The molecule has 0 aliphatic carbocycles. The molecule has 3 aromatic rings. The number of hydrogen-bond acceptors (Lipinski definition) is 4. The first-order valence-corrected chi connectivity index (χ1v) is 11.9. The van der Waals surface area contributed by atoms with E-state index in [1.165, 1.54) is 6.21 Å². The average molecular weight is 653 g/mol. The second kappa shape index (κ2) is 12.0. The lowest BCUT2D eigenvalue weighted by Crippen LogP contribution is -2.37. The Morgan fingerprint density at radius 3 is 2.16 bits per heavy atom. The van der Waals surface area contributed by atoms with E-state index in [9.17, 15) is 9.59 Å². The predicted molar refractivity (Wildman–Crippen MR) is 142 cm³/mol. The van der Waals surface area contributed by atoms with Crippen LogP contribution >= 0.6 is 45.2 Å². The van der Waals surface area contributed by atoms with E-state index in [0.717, 1.165) is 23.8 Å². The van der Waals surface area contributed by atoms with Crippen molar-refractivity contribution >= 4 is 63.2 Å². The first-order valence-electron chi connectivity index (χ1n) is 9.72. The lowest BCUT2D eigenvalue weighted by molar-refractivity contribution is -0.126. The summed E-state index contributed by atoms with van der Waals surface area (Å²) in [4.78, 5) is 25.2. The molecule has 0 radical (unpaired) electrons. The smallest absolute Gasteiger partial charge is 0.259 e. The highest BCUT2D eigenvalue weighted by atomic mass is 127. The van der Waals surface area contributed by atoms with Crippen molar-refractivity contribution in [2.75, 3.05) is 13.7 Å². The van der Waals surface area contributed by atoms with Crippen LogP contribution in [0.1, 0.15) is 22.6 Å². The molecular weight excluding hydrogens is 632 g/mol. The van der Waals surface area contributed by atoms with Gasteiger partial charge in [0.2, 0.25) is 5.91 Å². The quantitative estimate of drug-likeness (QED) is 0.216. The standard InChI is InChI=1S/C24H21I2N3O3/c1-32-23-18(12-19(25)13-20(23)26)14-28-29-21(30)15-27-24(31)22(16-8-4-2-5-9-16)17-10-6-3-7-11-17/h2-14,22H,15H2,1H3,(H,27,31)(H,29,30)/b28-14+. The fourth-order valence-electron chi connectivity index (χ4n) is 3.16. The number of methoxy groups -OCH3 is 1. The van der Waals surface area contributed by atoms with Crippen molar-refractivity contribution in [2.45, 2.75) is 5.92 Å². The number of carbonyl (C=O) groups is 2. The molecule has 0 saturated heterocycles. The Kier molecular flexibility index (Phi) is 9.03. The number of amides is 2. The topological polar surface area (TPSA) is 79.8 Å². The molecule has 3 aromatic carbocycles. The van der Waals surface area contributed by atoms with Crippen molar-refractivity contribution in [1.82, 2.24) is 10.7 Å². The molecule has 0 heterocycles. The molecular formula is C24H21I2N3O3. The van der Waals surface area contributed by atoms with Gasteiger partial charge in [0.05, 0.1) is 29.4 Å². The minimum absolute atomic E-state index is 0.187. The van der Waals surface area contributed by atoms with Gasteiger partial charge in [-0.1, -0.05) is 60.7 Å². The van der Waals surface area contributed by atoms with E-state index in [1.54, 1.807) is 7.11 Å². The maximum Gasteiger partial charge on any atom is 0.259 e. The Bertz CT molecular complexity index is 1070. The van der Waals surface area contributed by atoms with Gasteiger partial charge in [-0.05, 0) is 68.4 Å². The SMILES string of the molecule is COc1c(I)cc(I)cc1/C=N/NC(=O)CNC(=O)C(c1ccccc1)c1ccccc1. The normalized spacial score (nSPS) is 10.9. The van der Waals surface area contributed by atoms with Crippen LogP contribution in [0.5, 0.6) is 5.75 Å². The number of nitrogens with one attached hydrogen (secondary N) is 2. The van der Waals surface area contributed by atoms with E-state index < -0.39 is 11.8 Å². The van der Waals surface area contributed by atoms with Crippen molar-refractivity contribution in [3.63, 3.8) is 0 Å². The first kappa shape index (κ1) is 24.2. The summed E-state index contributed by atoms with van der Waals surface area (Å²) in [5.41, 5.74) is 4.91. The Labute approximate surface area is 214 Å². The number of nitrogens with zero attached hydrogens (tertiary/aromatic N) is 1. The average Bonchev–Trinajstić information content (AvgIpc) is 2.79. The number of benzene rings is 3. The summed E-state index contributed by atoms with van der Waals surface area (Å²) < 4.78 is 7.38. The Morgan fingerprint density at radius 2 is 1.59 bits per heavy atom. The molecule has 0 aliphatic rings. The summed E-state index contributed by atoms with van der Waals surface area (Å²) in [6.07, 6.45) is 1.53. The lowest BCUT2D eigenvalue weighted by Gasteiger charge is -2.17. The van der Waals surface area contributed by atoms with Crippen molar-refractivity contribution in [3.8, 4) is 5.75 Å². The van der Waals surface area contributed by atoms with Gasteiger partial charge in [-0.2, -0.15) is 5.10 Å². The van der Waals surface area contributed by atoms with Crippen LogP contribution in [-0.4, -0.2) is 31.7 Å². The van der Waals surface area contributed by atoms with Gasteiger partial charge in [-0.25, -0.2) is 5.43 Å². The third kappa shape index (κ3) is 6.52. The monoisotopic (exact) mass is 653 g/mol. The molecule has 164 valence electrons. The fraction of sp³-hybridized carbons (Fsp3) is 0.125. The third-order valence-electron chi connectivity index (χ3n) is 4.59. The minimum atomic E-state index is -0.508. The second-order valence-electron chi connectivity index (χ2n) is 6.78. The number of carbonyl (C=O) groups excluding carboxylic acids is 2. The molecule has 0 spiro atoms. The highest BCUT2D eigenvalue weighted by molar-refractivity contribution is 14.1. The number of hydrazone groups is 1. The maximum absolute atomic E-state index is 13.0.